The van der Waals surface area contributed by atoms with Gasteiger partial charge in [-0.05, 0) is 19.1 Å². The number of rotatable bonds is 0. The van der Waals surface area contributed by atoms with Crippen molar-refractivity contribution in [2.75, 3.05) is 0 Å². The van der Waals surface area contributed by atoms with Crippen LogP contribution in [0.2, 0.25) is 0 Å². The van der Waals surface area contributed by atoms with Gasteiger partial charge < -0.3 is 4.98 Å². The maximum Gasteiger partial charge on any atom is 0.0906 e. The van der Waals surface area contributed by atoms with Gasteiger partial charge >= 0.3 is 0 Å². The zero-order valence-electron chi connectivity index (χ0n) is 7.26. The van der Waals surface area contributed by atoms with E-state index in [9.17, 15) is 0 Å². The van der Waals surface area contributed by atoms with Crippen molar-refractivity contribution in [2.45, 2.75) is 6.92 Å². The minimum Gasteiger partial charge on any atom is -0.352 e. The van der Waals surface area contributed by atoms with Gasteiger partial charge in [-0.3, -0.25) is 5.10 Å². The van der Waals surface area contributed by atoms with Crippen molar-refractivity contribution in [3.63, 3.8) is 0 Å². The van der Waals surface area contributed by atoms with Gasteiger partial charge in [0.2, 0.25) is 0 Å². The first-order valence-electron chi connectivity index (χ1n) is 4.26. The molecule has 1 aromatic carbocycles. The third kappa shape index (κ3) is 0.811. The first kappa shape index (κ1) is 6.71. The molecule has 0 radical (unpaired) electrons. The van der Waals surface area contributed by atoms with E-state index in [0.717, 1.165) is 16.6 Å². The molecule has 0 aliphatic heterocycles. The highest BCUT2D eigenvalue weighted by molar-refractivity contribution is 6.04. The van der Waals surface area contributed by atoms with Gasteiger partial charge in [0.05, 0.1) is 17.2 Å². The Morgan fingerprint density at radius 2 is 2.15 bits per heavy atom. The fourth-order valence-electron chi connectivity index (χ4n) is 1.71. The van der Waals surface area contributed by atoms with Crippen molar-refractivity contribution >= 4 is 21.9 Å². The molecule has 0 saturated carbocycles. The molecule has 3 nitrogen and oxygen atoms in total. The van der Waals surface area contributed by atoms with Crippen LogP contribution in [0.5, 0.6) is 0 Å². The van der Waals surface area contributed by atoms with E-state index in [0.29, 0.717) is 0 Å². The van der Waals surface area contributed by atoms with Crippen LogP contribution in [0.4, 0.5) is 0 Å². The molecular formula is C10H9N3. The molecule has 13 heavy (non-hydrogen) atoms. The van der Waals surface area contributed by atoms with Crippen LogP contribution in [0.1, 0.15) is 5.56 Å². The van der Waals surface area contributed by atoms with Crippen molar-refractivity contribution < 1.29 is 0 Å². The first-order valence-corrected chi connectivity index (χ1v) is 4.26. The highest BCUT2D eigenvalue weighted by Crippen LogP contribution is 2.23. The fraction of sp³-hybridized carbons (Fsp3) is 0.100. The van der Waals surface area contributed by atoms with Gasteiger partial charge in [-0.2, -0.15) is 5.10 Å². The Bertz CT molecular complexity index is 574. The number of hydrogen-bond acceptors (Lipinski definition) is 1. The van der Waals surface area contributed by atoms with Crippen LogP contribution in [0, 0.1) is 6.92 Å². The Balaban J connectivity index is 2.61. The van der Waals surface area contributed by atoms with E-state index in [4.69, 9.17) is 0 Å². The predicted molar refractivity (Wildman–Crippen MR) is 52.7 cm³/mol. The maximum atomic E-state index is 3.98. The number of aryl methyl sites for hydroxylation is 1. The molecule has 0 saturated heterocycles. The topological polar surface area (TPSA) is 44.5 Å². The SMILES string of the molecule is Cc1ccc2[nH]c3cn[nH]c3c2c1. The average molecular weight is 171 g/mol. The van der Waals surface area contributed by atoms with Crippen molar-refractivity contribution in [3.05, 3.63) is 30.0 Å². The van der Waals surface area contributed by atoms with Crippen LogP contribution < -0.4 is 0 Å². The summed E-state index contributed by atoms with van der Waals surface area (Å²) < 4.78 is 0. The van der Waals surface area contributed by atoms with Crippen LogP contribution in [0.15, 0.2) is 24.4 Å². The number of aromatic nitrogens is 3. The quantitative estimate of drug-likeness (QED) is 0.535. The maximum absolute atomic E-state index is 3.98. The standard InChI is InChI=1S/C10H9N3/c1-6-2-3-8-7(4-6)10-9(12-8)5-11-13-10/h2-5,12H,1H3,(H,11,13). The summed E-state index contributed by atoms with van der Waals surface area (Å²) in [6, 6.07) is 6.36. The van der Waals surface area contributed by atoms with Gasteiger partial charge in [0.15, 0.2) is 0 Å². The summed E-state index contributed by atoms with van der Waals surface area (Å²) in [5.41, 5.74) is 4.59. The summed E-state index contributed by atoms with van der Waals surface area (Å²) >= 11 is 0. The summed E-state index contributed by atoms with van der Waals surface area (Å²) in [5, 5.41) is 8.19. The lowest BCUT2D eigenvalue weighted by Crippen LogP contribution is -1.73. The second-order valence-corrected chi connectivity index (χ2v) is 3.33. The van der Waals surface area contributed by atoms with E-state index in [2.05, 4.69) is 40.3 Å². The van der Waals surface area contributed by atoms with E-state index in [-0.39, 0.29) is 0 Å². The van der Waals surface area contributed by atoms with Crippen LogP contribution in [0.25, 0.3) is 21.9 Å². The molecule has 0 amide bonds. The van der Waals surface area contributed by atoms with Crippen LogP contribution >= 0.6 is 0 Å². The summed E-state index contributed by atoms with van der Waals surface area (Å²) in [5.74, 6) is 0. The molecule has 0 fully saturated rings. The van der Waals surface area contributed by atoms with Gasteiger partial charge in [-0.15, -0.1) is 0 Å². The van der Waals surface area contributed by atoms with Gasteiger partial charge in [0.25, 0.3) is 0 Å². The molecule has 3 aromatic rings. The third-order valence-electron chi connectivity index (χ3n) is 2.35. The summed E-state index contributed by atoms with van der Waals surface area (Å²) in [6.45, 7) is 2.09. The van der Waals surface area contributed by atoms with Crippen LogP contribution in [-0.4, -0.2) is 15.2 Å². The summed E-state index contributed by atoms with van der Waals surface area (Å²) in [7, 11) is 0. The molecule has 0 aliphatic rings. The molecular weight excluding hydrogens is 162 g/mol. The summed E-state index contributed by atoms with van der Waals surface area (Å²) in [6.07, 6.45) is 1.81. The number of nitrogens with one attached hydrogen (secondary N) is 2. The zero-order valence-corrected chi connectivity index (χ0v) is 7.26. The first-order chi connectivity index (χ1) is 6.34. The monoisotopic (exact) mass is 171 g/mol. The second kappa shape index (κ2) is 2.13. The molecule has 0 unspecified atom stereocenters. The van der Waals surface area contributed by atoms with E-state index in [1.54, 1.807) is 0 Å². The van der Waals surface area contributed by atoms with Crippen LogP contribution in [-0.2, 0) is 0 Å². The molecule has 0 atom stereocenters. The minimum absolute atomic E-state index is 1.07. The Hall–Kier alpha value is -1.77. The third-order valence-corrected chi connectivity index (χ3v) is 2.35. The number of nitrogens with zero attached hydrogens (tertiary/aromatic N) is 1. The fourth-order valence-corrected chi connectivity index (χ4v) is 1.71. The molecule has 0 aliphatic carbocycles. The Labute approximate surface area is 74.8 Å². The predicted octanol–water partition coefficient (Wildman–Crippen LogP) is 2.35. The highest BCUT2D eigenvalue weighted by atomic mass is 15.1. The second-order valence-electron chi connectivity index (χ2n) is 3.33. The lowest BCUT2D eigenvalue weighted by Gasteiger charge is -1.91. The van der Waals surface area contributed by atoms with Crippen molar-refractivity contribution in [3.8, 4) is 0 Å². The van der Waals surface area contributed by atoms with Gasteiger partial charge in [-0.1, -0.05) is 11.6 Å². The molecule has 2 N–H and O–H groups in total. The molecule has 0 bridgehead atoms. The van der Waals surface area contributed by atoms with Crippen molar-refractivity contribution in [2.24, 2.45) is 0 Å². The number of fused-ring (bicyclic) bond motifs is 3. The molecule has 64 valence electrons. The van der Waals surface area contributed by atoms with E-state index in [1.807, 2.05) is 6.20 Å². The van der Waals surface area contributed by atoms with Gasteiger partial charge in [-0.25, -0.2) is 0 Å². The van der Waals surface area contributed by atoms with Gasteiger partial charge in [0, 0.05) is 10.9 Å². The van der Waals surface area contributed by atoms with Crippen molar-refractivity contribution in [1.82, 2.24) is 15.2 Å². The Morgan fingerprint density at radius 1 is 1.23 bits per heavy atom. The molecule has 3 rings (SSSR count). The lowest BCUT2D eigenvalue weighted by molar-refractivity contribution is 1.12. The van der Waals surface area contributed by atoms with E-state index >= 15 is 0 Å². The summed E-state index contributed by atoms with van der Waals surface area (Å²) in [4.78, 5) is 3.29. The number of hydrogen-bond donors (Lipinski definition) is 2. The largest absolute Gasteiger partial charge is 0.352 e. The number of aromatic amines is 2. The van der Waals surface area contributed by atoms with Crippen LogP contribution in [0.3, 0.4) is 0 Å². The minimum atomic E-state index is 1.07. The van der Waals surface area contributed by atoms with E-state index < -0.39 is 0 Å². The number of benzene rings is 1. The molecule has 2 aromatic heterocycles. The normalized spacial score (nSPS) is 11.5. The smallest absolute Gasteiger partial charge is 0.0906 e. The molecule has 2 heterocycles. The molecule has 0 spiro atoms. The zero-order chi connectivity index (χ0) is 8.84. The van der Waals surface area contributed by atoms with Gasteiger partial charge in [0.1, 0.15) is 0 Å². The lowest BCUT2D eigenvalue weighted by atomic mass is 10.2. The molecule has 3 heteroatoms. The van der Waals surface area contributed by atoms with E-state index in [1.165, 1.54) is 10.9 Å². The Kier molecular flexibility index (Phi) is 1.10. The average Bonchev–Trinajstić information content (AvgIpc) is 2.64. The number of H-pyrrole nitrogens is 2. The highest BCUT2D eigenvalue weighted by Gasteiger charge is 2.04. The Morgan fingerprint density at radius 3 is 3.08 bits per heavy atom. The van der Waals surface area contributed by atoms with Crippen molar-refractivity contribution in [1.29, 1.82) is 0 Å².